The minimum atomic E-state index is -1.42. The first-order chi connectivity index (χ1) is 7.57. The average Bonchev–Trinajstić information content (AvgIpc) is 2.45. The predicted octanol–water partition coefficient (Wildman–Crippen LogP) is 5.03. The van der Waals surface area contributed by atoms with Crippen LogP contribution in [0.2, 0.25) is 45.3 Å². The molecule has 0 aromatic heterocycles. The van der Waals surface area contributed by atoms with E-state index >= 15 is 0 Å². The molecule has 1 aliphatic rings. The van der Waals surface area contributed by atoms with Gasteiger partial charge >= 0.3 is 0 Å². The van der Waals surface area contributed by atoms with Crippen LogP contribution in [-0.2, 0) is 4.43 Å². The molecule has 0 heterocycles. The van der Waals surface area contributed by atoms with Gasteiger partial charge in [-0.2, -0.15) is 0 Å². The number of hydrogen-bond donors (Lipinski definition) is 0. The van der Waals surface area contributed by atoms with Crippen LogP contribution in [0.25, 0.3) is 0 Å². The van der Waals surface area contributed by atoms with Crippen molar-refractivity contribution in [2.75, 3.05) is 0 Å². The summed E-state index contributed by atoms with van der Waals surface area (Å²) in [7, 11) is -2.44. The van der Waals surface area contributed by atoms with Crippen molar-refractivity contribution in [1.29, 1.82) is 0 Å². The van der Waals surface area contributed by atoms with Crippen LogP contribution >= 0.6 is 0 Å². The topological polar surface area (TPSA) is 9.23 Å². The Morgan fingerprint density at radius 3 is 2.35 bits per heavy atom. The van der Waals surface area contributed by atoms with Crippen molar-refractivity contribution < 1.29 is 4.43 Å². The van der Waals surface area contributed by atoms with Crippen molar-refractivity contribution in [2.24, 2.45) is 5.92 Å². The van der Waals surface area contributed by atoms with E-state index in [2.05, 4.69) is 51.9 Å². The smallest absolute Gasteiger partial charge is 0.241 e. The Labute approximate surface area is 109 Å². The van der Waals surface area contributed by atoms with Gasteiger partial charge in [-0.25, -0.2) is 0 Å². The van der Waals surface area contributed by atoms with Crippen molar-refractivity contribution in [2.45, 2.75) is 58.2 Å². The summed E-state index contributed by atoms with van der Waals surface area (Å²) in [5, 5.41) is 0. The van der Waals surface area contributed by atoms with Crippen LogP contribution in [0.4, 0.5) is 0 Å². The Morgan fingerprint density at radius 2 is 1.88 bits per heavy atom. The van der Waals surface area contributed by atoms with Crippen molar-refractivity contribution in [1.82, 2.24) is 0 Å². The van der Waals surface area contributed by atoms with E-state index in [1.54, 1.807) is 0 Å². The van der Waals surface area contributed by atoms with Gasteiger partial charge in [0.15, 0.2) is 0 Å². The number of hydrogen-bond acceptors (Lipinski definition) is 1. The van der Waals surface area contributed by atoms with Crippen molar-refractivity contribution in [3.05, 3.63) is 24.0 Å². The van der Waals surface area contributed by atoms with Crippen LogP contribution in [0.3, 0.4) is 0 Å². The molecule has 0 aromatic rings. The Kier molecular flexibility index (Phi) is 4.47. The highest BCUT2D eigenvalue weighted by molar-refractivity contribution is 6.76. The van der Waals surface area contributed by atoms with Gasteiger partial charge in [0.25, 0.3) is 0 Å². The summed E-state index contributed by atoms with van der Waals surface area (Å²) in [5.41, 5.74) is 1.43. The molecule has 1 unspecified atom stereocenters. The van der Waals surface area contributed by atoms with Gasteiger partial charge in [-0.3, -0.25) is 0 Å². The molecule has 1 rings (SSSR count). The molecule has 98 valence electrons. The van der Waals surface area contributed by atoms with Crippen LogP contribution < -0.4 is 0 Å². The Hall–Kier alpha value is -0.286. The van der Waals surface area contributed by atoms with Crippen LogP contribution in [0.1, 0.15) is 12.8 Å². The Bertz CT molecular complexity index is 318. The summed E-state index contributed by atoms with van der Waals surface area (Å²) in [6, 6.07) is 1.24. The van der Waals surface area contributed by atoms with Gasteiger partial charge in [-0.05, 0) is 38.2 Å². The van der Waals surface area contributed by atoms with E-state index in [4.69, 9.17) is 4.43 Å². The first-order valence-corrected chi connectivity index (χ1v) is 13.8. The highest BCUT2D eigenvalue weighted by atomic mass is 28.4. The maximum Gasteiger partial charge on any atom is 0.241 e. The lowest BCUT2D eigenvalue weighted by molar-refractivity contribution is 0.407. The van der Waals surface area contributed by atoms with E-state index in [-0.39, 0.29) is 0 Å². The van der Waals surface area contributed by atoms with E-state index in [1.807, 2.05) is 0 Å². The minimum Gasteiger partial charge on any atom is -0.548 e. The second kappa shape index (κ2) is 5.15. The quantitative estimate of drug-likeness (QED) is 0.502. The van der Waals surface area contributed by atoms with Gasteiger partial charge in [-0.1, -0.05) is 31.8 Å². The molecule has 0 N–H and O–H groups in total. The third-order valence-corrected chi connectivity index (χ3v) is 5.20. The molecule has 0 aromatic carbocycles. The standard InChI is InChI=1S/C14H28OSi2/c1-12(11-16(2,3)4)13-8-9-14(10-13)15-17(5,6)7/h10,13H,1,8-9,11H2,2-7H3. The fourth-order valence-electron chi connectivity index (χ4n) is 2.30. The molecule has 0 aliphatic heterocycles. The van der Waals surface area contributed by atoms with Crippen LogP contribution in [-0.4, -0.2) is 16.4 Å². The van der Waals surface area contributed by atoms with E-state index in [9.17, 15) is 0 Å². The molecule has 1 aliphatic carbocycles. The molecule has 0 fully saturated rings. The summed E-state index contributed by atoms with van der Waals surface area (Å²) in [4.78, 5) is 0. The van der Waals surface area contributed by atoms with Crippen molar-refractivity contribution in [3.63, 3.8) is 0 Å². The molecule has 0 bridgehead atoms. The van der Waals surface area contributed by atoms with Gasteiger partial charge in [-0.15, -0.1) is 0 Å². The zero-order valence-electron chi connectivity index (χ0n) is 12.4. The minimum absolute atomic E-state index is 0.577. The fraction of sp³-hybridized carbons (Fsp3) is 0.714. The second-order valence-corrected chi connectivity index (χ2v) is 17.3. The summed E-state index contributed by atoms with van der Waals surface area (Å²) in [5.74, 6) is 1.80. The second-order valence-electron chi connectivity index (χ2n) is 7.39. The molecule has 17 heavy (non-hydrogen) atoms. The lowest BCUT2D eigenvalue weighted by Gasteiger charge is -2.21. The van der Waals surface area contributed by atoms with Crippen LogP contribution in [0.15, 0.2) is 24.0 Å². The van der Waals surface area contributed by atoms with E-state index in [1.165, 1.54) is 23.8 Å². The average molecular weight is 269 g/mol. The summed E-state index contributed by atoms with van der Waals surface area (Å²) >= 11 is 0. The monoisotopic (exact) mass is 268 g/mol. The third kappa shape index (κ3) is 5.73. The number of rotatable bonds is 5. The fourth-order valence-corrected chi connectivity index (χ4v) is 4.88. The molecule has 3 heteroatoms. The zero-order chi connectivity index (χ0) is 13.3. The van der Waals surface area contributed by atoms with Gasteiger partial charge < -0.3 is 4.43 Å². The maximum atomic E-state index is 6.08. The van der Waals surface area contributed by atoms with Gasteiger partial charge in [0, 0.05) is 20.4 Å². The molecule has 1 nitrogen and oxygen atoms in total. The SMILES string of the molecule is C=C(C[Si](C)(C)C)C1C=C(O[Si](C)(C)C)CC1. The first-order valence-electron chi connectivity index (χ1n) is 6.64. The third-order valence-electron chi connectivity index (χ3n) is 2.81. The van der Waals surface area contributed by atoms with Crippen LogP contribution in [0, 0.1) is 5.92 Å². The van der Waals surface area contributed by atoms with Crippen molar-refractivity contribution in [3.8, 4) is 0 Å². The lowest BCUT2D eigenvalue weighted by Crippen LogP contribution is -2.24. The lowest BCUT2D eigenvalue weighted by atomic mass is 10.0. The number of allylic oxidation sites excluding steroid dienone is 3. The normalized spacial score (nSPS) is 21.3. The highest BCUT2D eigenvalue weighted by Gasteiger charge is 2.26. The Balaban J connectivity index is 2.56. The Morgan fingerprint density at radius 1 is 1.29 bits per heavy atom. The van der Waals surface area contributed by atoms with Gasteiger partial charge in [0.05, 0.1) is 5.76 Å². The highest BCUT2D eigenvalue weighted by Crippen LogP contribution is 2.34. The molecule has 0 radical (unpaired) electrons. The summed E-state index contributed by atoms with van der Waals surface area (Å²) in [6.45, 7) is 18.3. The van der Waals surface area contributed by atoms with Crippen molar-refractivity contribution >= 4 is 16.4 Å². The molecule has 0 amide bonds. The molecular formula is C14H28OSi2. The zero-order valence-corrected chi connectivity index (χ0v) is 14.4. The predicted molar refractivity (Wildman–Crippen MR) is 82.5 cm³/mol. The molecule has 0 saturated heterocycles. The summed E-state index contributed by atoms with van der Waals surface area (Å²) in [6.07, 6.45) is 4.66. The van der Waals surface area contributed by atoms with Gasteiger partial charge in [0.1, 0.15) is 0 Å². The summed E-state index contributed by atoms with van der Waals surface area (Å²) < 4.78 is 6.08. The van der Waals surface area contributed by atoms with Crippen LogP contribution in [0.5, 0.6) is 0 Å². The van der Waals surface area contributed by atoms with E-state index < -0.39 is 16.4 Å². The maximum absolute atomic E-state index is 6.08. The van der Waals surface area contributed by atoms with E-state index in [0.717, 1.165) is 6.42 Å². The molecular weight excluding hydrogens is 240 g/mol. The largest absolute Gasteiger partial charge is 0.548 e. The first kappa shape index (κ1) is 14.8. The molecule has 1 atom stereocenters. The van der Waals surface area contributed by atoms with E-state index in [0.29, 0.717) is 5.92 Å². The molecule has 0 saturated carbocycles. The molecule has 0 spiro atoms. The van der Waals surface area contributed by atoms with Gasteiger partial charge in [0.2, 0.25) is 8.32 Å².